The standard InChI is InChI=1S/C8H15NO4S/c1-2-6-14(12,13)9-5-3-4-7(9)8(10)11/h7H,2-6H2,1H3,(H,10,11)/t7-/m0/s1. The van der Waals surface area contributed by atoms with Gasteiger partial charge in [0.2, 0.25) is 10.0 Å². The summed E-state index contributed by atoms with van der Waals surface area (Å²) in [6.07, 6.45) is 1.59. The Morgan fingerprint density at radius 3 is 2.71 bits per heavy atom. The van der Waals surface area contributed by atoms with Gasteiger partial charge in [-0.1, -0.05) is 6.92 Å². The molecule has 5 nitrogen and oxygen atoms in total. The maximum absolute atomic E-state index is 11.6. The van der Waals surface area contributed by atoms with Crippen LogP contribution in [0, 0.1) is 0 Å². The molecule has 1 rings (SSSR count). The van der Waals surface area contributed by atoms with E-state index in [0.29, 0.717) is 25.8 Å². The fourth-order valence-electron chi connectivity index (χ4n) is 1.70. The van der Waals surface area contributed by atoms with Crippen molar-refractivity contribution in [1.29, 1.82) is 0 Å². The molecule has 0 amide bonds. The summed E-state index contributed by atoms with van der Waals surface area (Å²) in [5, 5.41) is 8.81. The van der Waals surface area contributed by atoms with Gasteiger partial charge in [0.05, 0.1) is 5.75 Å². The first-order valence-electron chi connectivity index (χ1n) is 4.71. The smallest absolute Gasteiger partial charge is 0.322 e. The first-order valence-corrected chi connectivity index (χ1v) is 6.32. The van der Waals surface area contributed by atoms with Crippen LogP contribution in [-0.2, 0) is 14.8 Å². The molecule has 14 heavy (non-hydrogen) atoms. The van der Waals surface area contributed by atoms with E-state index in [9.17, 15) is 13.2 Å². The summed E-state index contributed by atoms with van der Waals surface area (Å²) < 4.78 is 24.3. The second-order valence-electron chi connectivity index (χ2n) is 3.42. The molecule has 82 valence electrons. The SMILES string of the molecule is CCCS(=O)(=O)N1CCC[C@H]1C(=O)O. The van der Waals surface area contributed by atoms with Crippen LogP contribution in [0.5, 0.6) is 0 Å². The van der Waals surface area contributed by atoms with Crippen LogP contribution in [0.4, 0.5) is 0 Å². The summed E-state index contributed by atoms with van der Waals surface area (Å²) in [5.41, 5.74) is 0. The van der Waals surface area contributed by atoms with Gasteiger partial charge in [0, 0.05) is 6.54 Å². The van der Waals surface area contributed by atoms with E-state index < -0.39 is 22.0 Å². The van der Waals surface area contributed by atoms with Crippen LogP contribution in [0.2, 0.25) is 0 Å². The van der Waals surface area contributed by atoms with Gasteiger partial charge in [0.25, 0.3) is 0 Å². The maximum atomic E-state index is 11.6. The zero-order valence-electron chi connectivity index (χ0n) is 8.14. The van der Waals surface area contributed by atoms with Crippen molar-refractivity contribution in [2.45, 2.75) is 32.2 Å². The van der Waals surface area contributed by atoms with Crippen molar-refractivity contribution in [3.8, 4) is 0 Å². The van der Waals surface area contributed by atoms with Crippen LogP contribution in [0.3, 0.4) is 0 Å². The lowest BCUT2D eigenvalue weighted by atomic mass is 10.2. The Balaban J connectivity index is 2.81. The minimum Gasteiger partial charge on any atom is -0.480 e. The summed E-state index contributed by atoms with van der Waals surface area (Å²) in [7, 11) is -3.35. The van der Waals surface area contributed by atoms with Crippen LogP contribution in [-0.4, -0.2) is 42.1 Å². The molecular formula is C8H15NO4S. The highest BCUT2D eigenvalue weighted by molar-refractivity contribution is 7.89. The van der Waals surface area contributed by atoms with Gasteiger partial charge < -0.3 is 5.11 Å². The predicted molar refractivity (Wildman–Crippen MR) is 51.4 cm³/mol. The molecule has 1 atom stereocenters. The Morgan fingerprint density at radius 2 is 2.21 bits per heavy atom. The Bertz CT molecular complexity index is 311. The molecule has 1 aliphatic rings. The van der Waals surface area contributed by atoms with Gasteiger partial charge in [0.15, 0.2) is 0 Å². The van der Waals surface area contributed by atoms with Crippen LogP contribution in [0.25, 0.3) is 0 Å². The first-order chi connectivity index (χ1) is 6.49. The van der Waals surface area contributed by atoms with Gasteiger partial charge in [-0.25, -0.2) is 8.42 Å². The molecule has 0 bridgehead atoms. The Labute approximate surface area is 83.8 Å². The maximum Gasteiger partial charge on any atom is 0.322 e. The molecule has 0 spiro atoms. The summed E-state index contributed by atoms with van der Waals surface area (Å²) >= 11 is 0. The number of carbonyl (C=O) groups is 1. The van der Waals surface area contributed by atoms with Gasteiger partial charge >= 0.3 is 5.97 Å². The predicted octanol–water partition coefficient (Wildman–Crippen LogP) is 0.275. The van der Waals surface area contributed by atoms with Crippen LogP contribution < -0.4 is 0 Å². The largest absolute Gasteiger partial charge is 0.480 e. The Kier molecular flexibility index (Phi) is 3.49. The molecule has 1 saturated heterocycles. The fraction of sp³-hybridized carbons (Fsp3) is 0.875. The van der Waals surface area contributed by atoms with Crippen LogP contribution >= 0.6 is 0 Å². The van der Waals surface area contributed by atoms with Crippen molar-refractivity contribution in [3.05, 3.63) is 0 Å². The zero-order chi connectivity index (χ0) is 10.8. The zero-order valence-corrected chi connectivity index (χ0v) is 8.96. The molecular weight excluding hydrogens is 206 g/mol. The second kappa shape index (κ2) is 4.27. The Morgan fingerprint density at radius 1 is 1.57 bits per heavy atom. The number of sulfonamides is 1. The van der Waals surface area contributed by atoms with Gasteiger partial charge in [-0.3, -0.25) is 4.79 Å². The van der Waals surface area contributed by atoms with Crippen molar-refractivity contribution >= 4 is 16.0 Å². The van der Waals surface area contributed by atoms with Crippen molar-refractivity contribution in [2.24, 2.45) is 0 Å². The lowest BCUT2D eigenvalue weighted by molar-refractivity contribution is -0.140. The number of hydrogen-bond acceptors (Lipinski definition) is 3. The van der Waals surface area contributed by atoms with Gasteiger partial charge in [-0.15, -0.1) is 0 Å². The number of nitrogens with zero attached hydrogens (tertiary/aromatic N) is 1. The number of carboxylic acids is 1. The second-order valence-corrected chi connectivity index (χ2v) is 5.46. The van der Waals surface area contributed by atoms with Crippen LogP contribution in [0.15, 0.2) is 0 Å². The first kappa shape index (κ1) is 11.5. The molecule has 0 radical (unpaired) electrons. The lowest BCUT2D eigenvalue weighted by Crippen LogP contribution is -2.41. The molecule has 0 aromatic carbocycles. The summed E-state index contributed by atoms with van der Waals surface area (Å²) in [6, 6.07) is -0.841. The van der Waals surface area contributed by atoms with Gasteiger partial charge in [-0.05, 0) is 19.3 Å². The molecule has 0 aliphatic carbocycles. The fourth-order valence-corrected chi connectivity index (χ4v) is 3.44. The van der Waals surface area contributed by atoms with Crippen molar-refractivity contribution < 1.29 is 18.3 Å². The third-order valence-corrected chi connectivity index (χ3v) is 4.38. The number of carboxylic acid groups (broad SMARTS) is 1. The highest BCUT2D eigenvalue weighted by Gasteiger charge is 2.37. The monoisotopic (exact) mass is 221 g/mol. The molecule has 1 fully saturated rings. The summed E-state index contributed by atoms with van der Waals surface area (Å²) in [5.74, 6) is -1.00. The van der Waals surface area contributed by atoms with E-state index in [2.05, 4.69) is 0 Å². The Hall–Kier alpha value is -0.620. The van der Waals surface area contributed by atoms with Crippen molar-refractivity contribution in [1.82, 2.24) is 4.31 Å². The van der Waals surface area contributed by atoms with Gasteiger partial charge in [0.1, 0.15) is 6.04 Å². The molecule has 0 aromatic heterocycles. The van der Waals surface area contributed by atoms with E-state index in [4.69, 9.17) is 5.11 Å². The van der Waals surface area contributed by atoms with E-state index >= 15 is 0 Å². The topological polar surface area (TPSA) is 74.7 Å². The van der Waals surface area contributed by atoms with E-state index in [1.54, 1.807) is 6.92 Å². The molecule has 1 aliphatic heterocycles. The van der Waals surface area contributed by atoms with E-state index in [1.165, 1.54) is 0 Å². The van der Waals surface area contributed by atoms with Crippen molar-refractivity contribution in [2.75, 3.05) is 12.3 Å². The molecule has 1 heterocycles. The van der Waals surface area contributed by atoms with Crippen LogP contribution in [0.1, 0.15) is 26.2 Å². The third kappa shape index (κ3) is 2.24. The molecule has 0 saturated carbocycles. The highest BCUT2D eigenvalue weighted by Crippen LogP contribution is 2.21. The minimum absolute atomic E-state index is 0.0385. The lowest BCUT2D eigenvalue weighted by Gasteiger charge is -2.20. The van der Waals surface area contributed by atoms with Crippen molar-refractivity contribution in [3.63, 3.8) is 0 Å². The summed E-state index contributed by atoms with van der Waals surface area (Å²) in [6.45, 7) is 2.11. The van der Waals surface area contributed by atoms with Gasteiger partial charge in [-0.2, -0.15) is 4.31 Å². The quantitative estimate of drug-likeness (QED) is 0.739. The molecule has 6 heteroatoms. The summed E-state index contributed by atoms with van der Waals surface area (Å²) in [4.78, 5) is 10.8. The number of aliphatic carboxylic acids is 1. The average Bonchev–Trinajstić information content (AvgIpc) is 2.51. The molecule has 1 N–H and O–H groups in total. The average molecular weight is 221 g/mol. The van der Waals surface area contributed by atoms with E-state index in [0.717, 1.165) is 4.31 Å². The molecule has 0 aromatic rings. The highest BCUT2D eigenvalue weighted by atomic mass is 32.2. The number of rotatable bonds is 4. The third-order valence-electron chi connectivity index (χ3n) is 2.31. The van der Waals surface area contributed by atoms with E-state index in [1.807, 2.05) is 0 Å². The normalized spacial score (nSPS) is 23.9. The minimum atomic E-state index is -3.35. The number of hydrogen-bond donors (Lipinski definition) is 1. The van der Waals surface area contributed by atoms with E-state index in [-0.39, 0.29) is 5.75 Å². The molecule has 0 unspecified atom stereocenters.